The van der Waals surface area contributed by atoms with Crippen LogP contribution in [-0.2, 0) is 20.0 Å². The Morgan fingerprint density at radius 3 is 2.67 bits per heavy atom. The molecule has 0 aliphatic heterocycles. The molecule has 6 heteroatoms. The molecule has 0 unspecified atom stereocenters. The van der Waals surface area contributed by atoms with Gasteiger partial charge >= 0.3 is 0 Å². The maximum Gasteiger partial charge on any atom is 0.123 e. The number of rotatable bonds is 5. The van der Waals surface area contributed by atoms with E-state index in [1.54, 1.807) is 24.0 Å². The van der Waals surface area contributed by atoms with Crippen LogP contribution in [0.4, 0.5) is 4.39 Å². The number of hydrogen-bond acceptors (Lipinski definition) is 3. The van der Waals surface area contributed by atoms with Crippen LogP contribution >= 0.6 is 0 Å². The van der Waals surface area contributed by atoms with Gasteiger partial charge in [-0.1, -0.05) is 13.8 Å². The highest BCUT2D eigenvalue weighted by Crippen LogP contribution is 2.31. The average Bonchev–Trinajstić information content (AvgIpc) is 3.14. The summed E-state index contributed by atoms with van der Waals surface area (Å²) in [5, 5.41) is 13.4. The summed E-state index contributed by atoms with van der Waals surface area (Å²) in [6.07, 6.45) is 4.53. The van der Waals surface area contributed by atoms with Gasteiger partial charge in [0.1, 0.15) is 11.5 Å². The van der Waals surface area contributed by atoms with Gasteiger partial charge in [-0.3, -0.25) is 4.68 Å². The van der Waals surface area contributed by atoms with Crippen LogP contribution in [0.15, 0.2) is 30.6 Å². The van der Waals surface area contributed by atoms with Crippen LogP contribution in [0.3, 0.4) is 0 Å². The Hall–Kier alpha value is -2.50. The van der Waals surface area contributed by atoms with Gasteiger partial charge in [0.15, 0.2) is 0 Å². The van der Waals surface area contributed by atoms with Crippen molar-refractivity contribution in [3.63, 3.8) is 0 Å². The largest absolute Gasteiger partial charge is 0.273 e. The third kappa shape index (κ3) is 3.22. The molecule has 24 heavy (non-hydrogen) atoms. The van der Waals surface area contributed by atoms with E-state index in [9.17, 15) is 4.39 Å². The minimum Gasteiger partial charge on any atom is -0.273 e. The molecule has 0 saturated heterocycles. The van der Waals surface area contributed by atoms with Gasteiger partial charge in [-0.2, -0.15) is 20.1 Å². The van der Waals surface area contributed by atoms with E-state index in [2.05, 4.69) is 36.1 Å². The predicted octanol–water partition coefficient (Wildman–Crippen LogP) is 3.55. The van der Waals surface area contributed by atoms with Crippen molar-refractivity contribution in [1.29, 1.82) is 0 Å². The second-order valence-electron chi connectivity index (χ2n) is 6.25. The molecule has 1 aromatic carbocycles. The van der Waals surface area contributed by atoms with Gasteiger partial charge in [0.2, 0.25) is 0 Å². The first-order valence-corrected chi connectivity index (χ1v) is 8.19. The first-order chi connectivity index (χ1) is 11.5. The van der Waals surface area contributed by atoms with Crippen molar-refractivity contribution in [2.45, 2.75) is 39.7 Å². The first kappa shape index (κ1) is 16.4. The van der Waals surface area contributed by atoms with E-state index in [-0.39, 0.29) is 11.7 Å². The quantitative estimate of drug-likeness (QED) is 0.720. The summed E-state index contributed by atoms with van der Waals surface area (Å²) in [5.41, 5.74) is 4.66. The second-order valence-corrected chi connectivity index (χ2v) is 6.25. The van der Waals surface area contributed by atoms with Gasteiger partial charge in [0.05, 0.1) is 11.9 Å². The summed E-state index contributed by atoms with van der Waals surface area (Å²) in [6.45, 7) is 7.00. The summed E-state index contributed by atoms with van der Waals surface area (Å²) in [6, 6.07) is 4.87. The van der Waals surface area contributed by atoms with Crippen molar-refractivity contribution in [3.05, 3.63) is 53.2 Å². The molecule has 0 aliphatic carbocycles. The standard InChI is InChI=1S/C18H22FN5/c1-5-24-11-13(10-20-24)8-17-18(22-23(4)21-17)15-7-6-14(19)9-16(15)12(2)3/h6-7,9-12H,5,8H2,1-4H3. The molecule has 5 nitrogen and oxygen atoms in total. The molecule has 0 fully saturated rings. The number of nitrogens with zero attached hydrogens (tertiary/aromatic N) is 5. The SMILES string of the molecule is CCn1cc(Cc2nn(C)nc2-c2ccc(F)cc2C(C)C)cn1. The van der Waals surface area contributed by atoms with Crippen LogP contribution in [0, 0.1) is 5.82 Å². The van der Waals surface area contributed by atoms with Gasteiger partial charge in [-0.15, -0.1) is 0 Å². The number of hydrogen-bond donors (Lipinski definition) is 0. The summed E-state index contributed by atoms with van der Waals surface area (Å²) >= 11 is 0. The van der Waals surface area contributed by atoms with Gasteiger partial charge in [0, 0.05) is 31.8 Å². The van der Waals surface area contributed by atoms with Gasteiger partial charge in [-0.05, 0) is 42.2 Å². The molecule has 0 amide bonds. The molecule has 0 radical (unpaired) electrons. The van der Waals surface area contributed by atoms with Gasteiger partial charge < -0.3 is 0 Å². The third-order valence-electron chi connectivity index (χ3n) is 4.06. The van der Waals surface area contributed by atoms with Gasteiger partial charge in [0.25, 0.3) is 0 Å². The molecule has 2 heterocycles. The zero-order chi connectivity index (χ0) is 17.3. The summed E-state index contributed by atoms with van der Waals surface area (Å²) in [5.74, 6) is -0.0227. The fourth-order valence-electron chi connectivity index (χ4n) is 2.87. The van der Waals surface area contributed by atoms with Crippen molar-refractivity contribution >= 4 is 0 Å². The fraction of sp³-hybridized carbons (Fsp3) is 0.389. The highest BCUT2D eigenvalue weighted by atomic mass is 19.1. The Morgan fingerprint density at radius 2 is 2.00 bits per heavy atom. The number of benzene rings is 1. The van der Waals surface area contributed by atoms with Crippen molar-refractivity contribution < 1.29 is 4.39 Å². The molecule has 0 spiro atoms. The lowest BCUT2D eigenvalue weighted by Crippen LogP contribution is -1.97. The lowest BCUT2D eigenvalue weighted by Gasteiger charge is -2.12. The molecule has 0 atom stereocenters. The molecule has 0 N–H and O–H groups in total. The summed E-state index contributed by atoms with van der Waals surface area (Å²) in [7, 11) is 1.81. The highest BCUT2D eigenvalue weighted by molar-refractivity contribution is 5.66. The number of aryl methyl sites for hydroxylation is 2. The second kappa shape index (κ2) is 6.55. The molecule has 0 bridgehead atoms. The van der Waals surface area contributed by atoms with E-state index >= 15 is 0 Å². The maximum absolute atomic E-state index is 13.7. The lowest BCUT2D eigenvalue weighted by atomic mass is 9.93. The Labute approximate surface area is 141 Å². The zero-order valence-electron chi connectivity index (χ0n) is 14.5. The van der Waals surface area contributed by atoms with Crippen LogP contribution < -0.4 is 0 Å². The summed E-state index contributed by atoms with van der Waals surface area (Å²) < 4.78 is 15.6. The smallest absolute Gasteiger partial charge is 0.123 e. The minimum atomic E-state index is -0.225. The van der Waals surface area contributed by atoms with Gasteiger partial charge in [-0.25, -0.2) is 4.39 Å². The van der Waals surface area contributed by atoms with Crippen molar-refractivity contribution in [2.24, 2.45) is 7.05 Å². The molecule has 3 rings (SSSR count). The van der Waals surface area contributed by atoms with E-state index in [1.165, 1.54) is 6.07 Å². The zero-order valence-corrected chi connectivity index (χ0v) is 14.5. The maximum atomic E-state index is 13.7. The number of aromatic nitrogens is 5. The predicted molar refractivity (Wildman–Crippen MR) is 91.2 cm³/mol. The van der Waals surface area contributed by atoms with Crippen LogP contribution in [0.1, 0.15) is 43.5 Å². The van der Waals surface area contributed by atoms with Crippen LogP contribution in [0.25, 0.3) is 11.3 Å². The Morgan fingerprint density at radius 1 is 1.21 bits per heavy atom. The van der Waals surface area contributed by atoms with Crippen molar-refractivity contribution in [2.75, 3.05) is 0 Å². The molecular weight excluding hydrogens is 305 g/mol. The monoisotopic (exact) mass is 327 g/mol. The highest BCUT2D eigenvalue weighted by Gasteiger charge is 2.18. The van der Waals surface area contributed by atoms with Crippen molar-refractivity contribution in [3.8, 4) is 11.3 Å². The lowest BCUT2D eigenvalue weighted by molar-refractivity contribution is 0.623. The first-order valence-electron chi connectivity index (χ1n) is 8.19. The van der Waals surface area contributed by atoms with Crippen LogP contribution in [0.5, 0.6) is 0 Å². The van der Waals surface area contributed by atoms with E-state index < -0.39 is 0 Å². The minimum absolute atomic E-state index is 0.202. The molecule has 0 saturated carbocycles. The van der Waals surface area contributed by atoms with Crippen LogP contribution in [-0.4, -0.2) is 24.8 Å². The Balaban J connectivity index is 2.03. The average molecular weight is 327 g/mol. The molecule has 3 aromatic rings. The molecular formula is C18H22FN5. The third-order valence-corrected chi connectivity index (χ3v) is 4.06. The van der Waals surface area contributed by atoms with Crippen molar-refractivity contribution in [1.82, 2.24) is 24.8 Å². The van der Waals surface area contributed by atoms with E-state index in [4.69, 9.17) is 0 Å². The molecule has 0 aliphatic rings. The Kier molecular flexibility index (Phi) is 4.46. The van der Waals surface area contributed by atoms with Crippen LogP contribution in [0.2, 0.25) is 0 Å². The van der Waals surface area contributed by atoms with E-state index in [0.717, 1.165) is 34.6 Å². The molecule has 126 valence electrons. The molecule has 2 aromatic heterocycles. The fourth-order valence-corrected chi connectivity index (χ4v) is 2.87. The summed E-state index contributed by atoms with van der Waals surface area (Å²) in [4.78, 5) is 1.57. The Bertz CT molecular complexity index is 847. The normalized spacial score (nSPS) is 11.4. The number of halogens is 1. The topological polar surface area (TPSA) is 48.5 Å². The van der Waals surface area contributed by atoms with E-state index in [1.807, 2.05) is 17.1 Å². The van der Waals surface area contributed by atoms with E-state index in [0.29, 0.717) is 6.42 Å².